The molecule has 3 saturated heterocycles. The number of nitrogens with zero attached hydrogens (tertiary/aromatic N) is 2. The lowest BCUT2D eigenvalue weighted by molar-refractivity contribution is -0.162. The zero-order chi connectivity index (χ0) is 26.0. The van der Waals surface area contributed by atoms with Gasteiger partial charge in [0.25, 0.3) is 0 Å². The number of carbonyl (C=O) groups excluding carboxylic acids is 3. The number of esters is 1. The van der Waals surface area contributed by atoms with Gasteiger partial charge in [0.2, 0.25) is 11.8 Å². The number of carbonyl (C=O) groups is 3. The third-order valence-corrected chi connectivity index (χ3v) is 7.91. The number of unbranched alkanes of at least 4 members (excludes halogenated alkanes) is 1. The van der Waals surface area contributed by atoms with Gasteiger partial charge in [-0.3, -0.25) is 14.4 Å². The van der Waals surface area contributed by atoms with E-state index < -0.39 is 40.6 Å². The lowest BCUT2D eigenvalue weighted by atomic mass is 9.65. The van der Waals surface area contributed by atoms with E-state index in [0.29, 0.717) is 38.6 Å². The van der Waals surface area contributed by atoms with Gasteiger partial charge in [-0.15, -0.1) is 13.2 Å². The summed E-state index contributed by atoms with van der Waals surface area (Å²) in [7, 11) is 0. The first-order chi connectivity index (χ1) is 16.5. The van der Waals surface area contributed by atoms with Crippen LogP contribution in [0.25, 0.3) is 0 Å². The molecule has 0 saturated carbocycles. The Kier molecular flexibility index (Phi) is 8.16. The Hall–Kier alpha value is -2.19. The molecule has 35 heavy (non-hydrogen) atoms. The molecule has 3 rings (SSSR count). The predicted octanol–water partition coefficient (Wildman–Crippen LogP) is 2.85. The van der Waals surface area contributed by atoms with Crippen molar-refractivity contribution in [2.45, 2.75) is 89.0 Å². The number of ether oxygens (including phenoxy) is 2. The van der Waals surface area contributed by atoms with Crippen LogP contribution in [-0.4, -0.2) is 81.8 Å². The van der Waals surface area contributed by atoms with Gasteiger partial charge in [0.1, 0.15) is 17.6 Å². The van der Waals surface area contributed by atoms with Gasteiger partial charge < -0.3 is 24.4 Å². The van der Waals surface area contributed by atoms with E-state index in [1.54, 1.807) is 22.0 Å². The molecule has 3 aliphatic heterocycles. The van der Waals surface area contributed by atoms with Gasteiger partial charge in [0.15, 0.2) is 0 Å². The summed E-state index contributed by atoms with van der Waals surface area (Å²) in [5.41, 5.74) is -2.41. The van der Waals surface area contributed by atoms with Crippen LogP contribution in [0.15, 0.2) is 25.3 Å². The van der Waals surface area contributed by atoms with Crippen LogP contribution in [0.1, 0.15) is 66.2 Å². The monoisotopic (exact) mass is 490 g/mol. The van der Waals surface area contributed by atoms with Crippen molar-refractivity contribution < 1.29 is 29.0 Å². The number of allylic oxidation sites excluding steroid dienone is 1. The van der Waals surface area contributed by atoms with Crippen LogP contribution in [0.3, 0.4) is 0 Å². The lowest BCUT2D eigenvalue weighted by Gasteiger charge is -2.42. The number of likely N-dealkylation sites (tertiary alicyclic amines) is 1. The van der Waals surface area contributed by atoms with Crippen LogP contribution in [-0.2, 0) is 23.9 Å². The van der Waals surface area contributed by atoms with Gasteiger partial charge in [0, 0.05) is 25.2 Å². The Morgan fingerprint density at radius 1 is 1.26 bits per heavy atom. The molecule has 5 atom stereocenters. The second-order valence-electron chi connectivity index (χ2n) is 10.9. The van der Waals surface area contributed by atoms with Crippen LogP contribution in [0.4, 0.5) is 0 Å². The Morgan fingerprint density at radius 2 is 1.97 bits per heavy atom. The zero-order valence-electron chi connectivity index (χ0n) is 21.8. The smallest absolute Gasteiger partial charge is 0.312 e. The second kappa shape index (κ2) is 10.4. The molecule has 2 unspecified atom stereocenters. The van der Waals surface area contributed by atoms with Crippen LogP contribution in [0.5, 0.6) is 0 Å². The van der Waals surface area contributed by atoms with E-state index in [9.17, 15) is 19.5 Å². The van der Waals surface area contributed by atoms with Crippen molar-refractivity contribution in [1.82, 2.24) is 9.80 Å². The first-order valence-electron chi connectivity index (χ1n) is 12.9. The van der Waals surface area contributed by atoms with Crippen molar-refractivity contribution in [3.05, 3.63) is 25.3 Å². The van der Waals surface area contributed by atoms with E-state index in [4.69, 9.17) is 9.47 Å². The maximum atomic E-state index is 14.2. The number of amides is 2. The first kappa shape index (κ1) is 27.4. The first-order valence-corrected chi connectivity index (χ1v) is 12.9. The molecule has 3 fully saturated rings. The second-order valence-corrected chi connectivity index (χ2v) is 10.9. The largest absolute Gasteiger partial charge is 0.465 e. The van der Waals surface area contributed by atoms with Crippen molar-refractivity contribution in [1.29, 1.82) is 0 Å². The average Bonchev–Trinajstić information content (AvgIpc) is 3.41. The van der Waals surface area contributed by atoms with Crippen LogP contribution < -0.4 is 0 Å². The molecule has 196 valence electrons. The number of aliphatic hydroxyl groups excluding tert-OH is 1. The highest BCUT2D eigenvalue weighted by atomic mass is 16.6. The van der Waals surface area contributed by atoms with Crippen molar-refractivity contribution >= 4 is 17.8 Å². The highest BCUT2D eigenvalue weighted by Gasteiger charge is 2.79. The third kappa shape index (κ3) is 4.55. The summed E-state index contributed by atoms with van der Waals surface area (Å²) in [6.45, 7) is 16.0. The number of aliphatic hydroxyl groups is 1. The molecule has 8 heteroatoms. The van der Waals surface area contributed by atoms with Crippen molar-refractivity contribution in [3.63, 3.8) is 0 Å². The molecule has 0 aromatic rings. The van der Waals surface area contributed by atoms with E-state index >= 15 is 0 Å². The van der Waals surface area contributed by atoms with Gasteiger partial charge in [-0.2, -0.15) is 0 Å². The summed E-state index contributed by atoms with van der Waals surface area (Å²) in [4.78, 5) is 44.7. The van der Waals surface area contributed by atoms with Gasteiger partial charge in [-0.05, 0) is 59.3 Å². The number of fused-ring (bicyclic) bond motifs is 1. The number of rotatable bonds is 12. The molecule has 0 aliphatic carbocycles. The highest BCUT2D eigenvalue weighted by Crippen LogP contribution is 2.64. The number of hydrogen-bond acceptors (Lipinski definition) is 6. The summed E-state index contributed by atoms with van der Waals surface area (Å²) < 4.78 is 12.3. The molecule has 0 aromatic carbocycles. The minimum Gasteiger partial charge on any atom is -0.465 e. The fourth-order valence-corrected chi connectivity index (χ4v) is 6.30. The van der Waals surface area contributed by atoms with Crippen molar-refractivity contribution in [2.75, 3.05) is 26.3 Å². The highest BCUT2D eigenvalue weighted by molar-refractivity contribution is 5.98. The van der Waals surface area contributed by atoms with Crippen LogP contribution in [0.2, 0.25) is 0 Å². The van der Waals surface area contributed by atoms with E-state index in [-0.39, 0.29) is 31.6 Å². The number of hydrogen-bond donors (Lipinski definition) is 1. The van der Waals surface area contributed by atoms with Crippen molar-refractivity contribution in [2.24, 2.45) is 11.8 Å². The van der Waals surface area contributed by atoms with Gasteiger partial charge in [-0.1, -0.05) is 19.1 Å². The Labute approximate surface area is 209 Å². The van der Waals surface area contributed by atoms with Crippen LogP contribution in [0, 0.1) is 11.8 Å². The summed E-state index contributed by atoms with van der Waals surface area (Å²) in [6, 6.07) is -0.863. The molecular weight excluding hydrogens is 448 g/mol. The molecule has 0 radical (unpaired) electrons. The average molecular weight is 491 g/mol. The standard InChI is InChI=1S/C27H42N2O6/c1-7-10-11-18-34-24(33)20-19-22(31)28(16-12-17-30)21(23(32)29(15-8-2)25(4,5)6)27(19)14-13-26(20,9-3)35-27/h7-8,19-21,30H,1-2,9-18H2,3-6H3/t19-,20-,21?,26+,27?/m0/s1. The summed E-state index contributed by atoms with van der Waals surface area (Å²) in [5, 5.41) is 9.49. The van der Waals surface area contributed by atoms with E-state index in [0.717, 1.165) is 6.42 Å². The van der Waals surface area contributed by atoms with Crippen LogP contribution >= 0.6 is 0 Å². The Balaban J connectivity index is 2.03. The topological polar surface area (TPSA) is 96.4 Å². The van der Waals surface area contributed by atoms with E-state index in [2.05, 4.69) is 13.2 Å². The quantitative estimate of drug-likeness (QED) is 0.257. The normalized spacial score (nSPS) is 31.4. The molecule has 2 amide bonds. The summed E-state index contributed by atoms with van der Waals surface area (Å²) >= 11 is 0. The predicted molar refractivity (Wildman–Crippen MR) is 132 cm³/mol. The van der Waals surface area contributed by atoms with E-state index in [1.807, 2.05) is 27.7 Å². The molecule has 3 aliphatic rings. The molecule has 0 aromatic heterocycles. The minimum atomic E-state index is -1.09. The summed E-state index contributed by atoms with van der Waals surface area (Å²) in [5.74, 6) is -2.43. The van der Waals surface area contributed by atoms with Gasteiger partial charge in [0.05, 0.1) is 18.1 Å². The Bertz CT molecular complexity index is 851. The fraction of sp³-hybridized carbons (Fsp3) is 0.741. The Morgan fingerprint density at radius 3 is 2.54 bits per heavy atom. The molecular formula is C27H42N2O6. The maximum absolute atomic E-state index is 14.2. The van der Waals surface area contributed by atoms with Gasteiger partial charge in [-0.25, -0.2) is 0 Å². The SMILES string of the molecule is C=CCCCOC(=O)[C@@H]1[C@H]2C(=O)N(CCCO)C(C(=O)N(CC=C)C(C)(C)C)C23CC[C@@]1(CC)O3. The maximum Gasteiger partial charge on any atom is 0.312 e. The molecule has 8 nitrogen and oxygen atoms in total. The van der Waals surface area contributed by atoms with E-state index in [1.165, 1.54) is 0 Å². The third-order valence-electron chi connectivity index (χ3n) is 7.91. The zero-order valence-corrected chi connectivity index (χ0v) is 21.8. The molecule has 1 spiro atoms. The lowest BCUT2D eigenvalue weighted by Crippen LogP contribution is -2.60. The molecule has 2 bridgehead atoms. The minimum absolute atomic E-state index is 0.105. The fourth-order valence-electron chi connectivity index (χ4n) is 6.30. The summed E-state index contributed by atoms with van der Waals surface area (Å²) in [6.07, 6.45) is 6.86. The van der Waals surface area contributed by atoms with Gasteiger partial charge >= 0.3 is 5.97 Å². The molecule has 3 heterocycles. The van der Waals surface area contributed by atoms with Crippen molar-refractivity contribution in [3.8, 4) is 0 Å². The molecule has 1 N–H and O–H groups in total.